The third-order valence-electron chi connectivity index (χ3n) is 8.54. The molecule has 7 nitrogen and oxygen atoms in total. The zero-order chi connectivity index (χ0) is 27.6. The van der Waals surface area contributed by atoms with Gasteiger partial charge in [0.2, 0.25) is 5.91 Å². The van der Waals surface area contributed by atoms with Crippen LogP contribution in [0.4, 0.5) is 0 Å². The van der Waals surface area contributed by atoms with Gasteiger partial charge in [-0.1, -0.05) is 79.6 Å². The van der Waals surface area contributed by atoms with Gasteiger partial charge in [0.1, 0.15) is 6.61 Å². The number of carbonyl (C=O) groups excluding carboxylic acids is 4. The van der Waals surface area contributed by atoms with Crippen molar-refractivity contribution in [2.24, 2.45) is 11.8 Å². The van der Waals surface area contributed by atoms with Crippen molar-refractivity contribution in [1.29, 1.82) is 0 Å². The summed E-state index contributed by atoms with van der Waals surface area (Å²) in [6.45, 7) is 0.716. The number of imide groups is 1. The first kappa shape index (κ1) is 26.0. The van der Waals surface area contributed by atoms with Crippen LogP contribution in [0.2, 0.25) is 0 Å². The molecule has 6 rings (SSSR count). The average molecular weight is 537 g/mol. The molecule has 0 saturated heterocycles. The van der Waals surface area contributed by atoms with Crippen LogP contribution in [-0.2, 0) is 27.4 Å². The van der Waals surface area contributed by atoms with Gasteiger partial charge in [0.25, 0.3) is 11.8 Å². The number of carbonyl (C=O) groups is 4. The van der Waals surface area contributed by atoms with Crippen molar-refractivity contribution in [2.75, 3.05) is 13.1 Å². The number of benzene rings is 3. The van der Waals surface area contributed by atoms with E-state index in [1.807, 2.05) is 54.6 Å². The first-order valence-electron chi connectivity index (χ1n) is 14.1. The Bertz CT molecular complexity index is 1420. The van der Waals surface area contributed by atoms with E-state index < -0.39 is 17.9 Å². The van der Waals surface area contributed by atoms with E-state index in [-0.39, 0.29) is 36.8 Å². The van der Waals surface area contributed by atoms with Gasteiger partial charge in [0.15, 0.2) is 0 Å². The van der Waals surface area contributed by atoms with Gasteiger partial charge in [0, 0.05) is 6.54 Å². The van der Waals surface area contributed by atoms with Crippen molar-refractivity contribution in [3.05, 3.63) is 107 Å². The van der Waals surface area contributed by atoms with Crippen LogP contribution >= 0.6 is 0 Å². The molecule has 1 unspecified atom stereocenters. The highest BCUT2D eigenvalue weighted by molar-refractivity contribution is 6.21. The summed E-state index contributed by atoms with van der Waals surface area (Å²) in [5, 5.41) is 0. The zero-order valence-electron chi connectivity index (χ0n) is 22.3. The van der Waals surface area contributed by atoms with Crippen molar-refractivity contribution in [1.82, 2.24) is 9.80 Å². The van der Waals surface area contributed by atoms with E-state index in [2.05, 4.69) is 0 Å². The number of nitrogens with zero attached hydrogens (tertiary/aromatic N) is 2. The summed E-state index contributed by atoms with van der Waals surface area (Å²) < 4.78 is 5.68. The van der Waals surface area contributed by atoms with Gasteiger partial charge < -0.3 is 9.64 Å². The largest absolute Gasteiger partial charge is 0.461 e. The highest BCUT2D eigenvalue weighted by Crippen LogP contribution is 2.38. The molecule has 1 fully saturated rings. The molecule has 0 bridgehead atoms. The van der Waals surface area contributed by atoms with Gasteiger partial charge in [-0.05, 0) is 48.1 Å². The Labute approximate surface area is 233 Å². The van der Waals surface area contributed by atoms with E-state index in [0.717, 1.165) is 29.5 Å². The lowest BCUT2D eigenvalue weighted by Gasteiger charge is -2.42. The summed E-state index contributed by atoms with van der Waals surface area (Å²) in [5.41, 5.74) is 3.74. The van der Waals surface area contributed by atoms with E-state index in [4.69, 9.17) is 4.74 Å². The molecule has 0 radical (unpaired) electrons. The average Bonchev–Trinajstić information content (AvgIpc) is 3.25. The van der Waals surface area contributed by atoms with Crippen LogP contribution in [0.3, 0.4) is 0 Å². The number of amides is 3. The summed E-state index contributed by atoms with van der Waals surface area (Å²) in [6.07, 6.45) is 3.64. The summed E-state index contributed by atoms with van der Waals surface area (Å²) in [7, 11) is 0. The molecule has 2 aliphatic heterocycles. The monoisotopic (exact) mass is 536 g/mol. The number of ether oxygens (including phenoxy) is 1. The standard InChI is InChI=1S/C33H32N2O5/c36-30(27-16-8-9-17-28(27)33(39)40-21-22-10-2-1-3-11-22)34-19-18-23-12-4-5-13-24(23)29(34)20-35-31(37)25-14-6-7-15-26(25)32(35)38/h1-7,10-15,27-29H,8-9,16-21H2/t27?,28-,29+/m0/s1. The summed E-state index contributed by atoms with van der Waals surface area (Å²) in [6, 6.07) is 23.8. The van der Waals surface area contributed by atoms with Gasteiger partial charge in [-0.2, -0.15) is 0 Å². The molecule has 3 aromatic rings. The van der Waals surface area contributed by atoms with Crippen LogP contribution in [0.1, 0.15) is 69.1 Å². The number of hydrogen-bond donors (Lipinski definition) is 0. The van der Waals surface area contributed by atoms with Crippen molar-refractivity contribution in [2.45, 2.75) is 44.8 Å². The smallest absolute Gasteiger partial charge is 0.310 e. The Hall–Kier alpha value is -4.26. The molecule has 7 heteroatoms. The van der Waals surface area contributed by atoms with E-state index in [1.54, 1.807) is 29.2 Å². The van der Waals surface area contributed by atoms with Crippen molar-refractivity contribution >= 4 is 23.7 Å². The fourth-order valence-corrected chi connectivity index (χ4v) is 6.45. The minimum absolute atomic E-state index is 0.0743. The molecule has 0 N–H and O–H groups in total. The van der Waals surface area contributed by atoms with Gasteiger partial charge >= 0.3 is 5.97 Å². The van der Waals surface area contributed by atoms with Crippen LogP contribution in [0.5, 0.6) is 0 Å². The second-order valence-electron chi connectivity index (χ2n) is 10.9. The molecular weight excluding hydrogens is 504 g/mol. The van der Waals surface area contributed by atoms with Crippen LogP contribution in [-0.4, -0.2) is 46.6 Å². The Morgan fingerprint density at radius 3 is 2.12 bits per heavy atom. The quantitative estimate of drug-likeness (QED) is 0.329. The lowest BCUT2D eigenvalue weighted by Crippen LogP contribution is -2.50. The summed E-state index contributed by atoms with van der Waals surface area (Å²) in [4.78, 5) is 57.1. The fourth-order valence-electron chi connectivity index (χ4n) is 6.45. The number of hydrogen-bond acceptors (Lipinski definition) is 5. The van der Waals surface area contributed by atoms with Crippen molar-refractivity contribution < 1.29 is 23.9 Å². The molecule has 3 amide bonds. The van der Waals surface area contributed by atoms with Crippen LogP contribution < -0.4 is 0 Å². The molecule has 1 saturated carbocycles. The maximum Gasteiger partial charge on any atom is 0.310 e. The van der Waals surface area contributed by atoms with E-state index in [1.165, 1.54) is 4.90 Å². The normalized spacial score (nSPS) is 22.1. The van der Waals surface area contributed by atoms with Gasteiger partial charge in [-0.15, -0.1) is 0 Å². The molecule has 2 heterocycles. The third kappa shape index (κ3) is 4.81. The highest BCUT2D eigenvalue weighted by atomic mass is 16.5. The van der Waals surface area contributed by atoms with Gasteiger partial charge in [-0.25, -0.2) is 0 Å². The van der Waals surface area contributed by atoms with Crippen molar-refractivity contribution in [3.8, 4) is 0 Å². The molecule has 3 atom stereocenters. The minimum Gasteiger partial charge on any atom is -0.461 e. The zero-order valence-corrected chi connectivity index (χ0v) is 22.3. The first-order chi connectivity index (χ1) is 19.5. The molecule has 0 aromatic heterocycles. The van der Waals surface area contributed by atoms with Gasteiger partial charge in [-0.3, -0.25) is 24.1 Å². The maximum atomic E-state index is 14.2. The molecule has 1 aliphatic carbocycles. The lowest BCUT2D eigenvalue weighted by atomic mass is 9.77. The predicted molar refractivity (Wildman–Crippen MR) is 148 cm³/mol. The van der Waals surface area contributed by atoms with Crippen LogP contribution in [0.25, 0.3) is 0 Å². The molecule has 204 valence electrons. The van der Waals surface area contributed by atoms with E-state index in [0.29, 0.717) is 36.9 Å². The fraction of sp³-hybridized carbons (Fsp3) is 0.333. The Kier molecular flexibility index (Phi) is 7.20. The molecular formula is C33H32N2O5. The molecule has 40 heavy (non-hydrogen) atoms. The second-order valence-corrected chi connectivity index (χ2v) is 10.9. The molecule has 3 aromatic carbocycles. The van der Waals surface area contributed by atoms with Gasteiger partial charge in [0.05, 0.1) is 35.5 Å². The number of fused-ring (bicyclic) bond motifs is 2. The number of rotatable bonds is 6. The summed E-state index contributed by atoms with van der Waals surface area (Å²) in [5.74, 6) is -2.12. The third-order valence-corrected chi connectivity index (χ3v) is 8.54. The topological polar surface area (TPSA) is 84.0 Å². The highest BCUT2D eigenvalue weighted by Gasteiger charge is 2.44. The second kappa shape index (κ2) is 11.1. The molecule has 3 aliphatic rings. The van der Waals surface area contributed by atoms with Crippen molar-refractivity contribution in [3.63, 3.8) is 0 Å². The number of esters is 1. The van der Waals surface area contributed by atoms with E-state index in [9.17, 15) is 19.2 Å². The Morgan fingerprint density at radius 1 is 0.775 bits per heavy atom. The maximum absolute atomic E-state index is 14.2. The van der Waals surface area contributed by atoms with Crippen LogP contribution in [0, 0.1) is 11.8 Å². The molecule has 0 spiro atoms. The summed E-state index contributed by atoms with van der Waals surface area (Å²) >= 11 is 0. The minimum atomic E-state index is -0.512. The van der Waals surface area contributed by atoms with E-state index >= 15 is 0 Å². The lowest BCUT2D eigenvalue weighted by molar-refractivity contribution is -0.159. The Balaban J connectivity index is 1.25. The first-order valence-corrected chi connectivity index (χ1v) is 14.1. The van der Waals surface area contributed by atoms with Crippen LogP contribution in [0.15, 0.2) is 78.9 Å². The predicted octanol–water partition coefficient (Wildman–Crippen LogP) is 4.96. The SMILES string of the molecule is O=C(OCc1ccccc1)[C@H]1CCCCC1C(=O)N1CCc2ccccc2[C@H]1CN1C(=O)c2ccccc2C1=O. The Morgan fingerprint density at radius 2 is 1.40 bits per heavy atom.